The van der Waals surface area contributed by atoms with Gasteiger partial charge in [0.15, 0.2) is 5.78 Å². The molecule has 1 rings (SSSR count). The maximum atomic E-state index is 12.0. The van der Waals surface area contributed by atoms with Crippen LogP contribution in [-0.4, -0.2) is 43.3 Å². The summed E-state index contributed by atoms with van der Waals surface area (Å²) < 4.78 is 0. The van der Waals surface area contributed by atoms with Crippen LogP contribution in [0.25, 0.3) is 0 Å². The molecule has 0 bridgehead atoms. The van der Waals surface area contributed by atoms with Crippen LogP contribution in [0.2, 0.25) is 0 Å². The fraction of sp³-hybridized carbons (Fsp3) is 0.571. The Morgan fingerprint density at radius 2 is 2.00 bits per heavy atom. The van der Waals surface area contributed by atoms with E-state index in [0.717, 1.165) is 9.75 Å². The average Bonchev–Trinajstić information content (AvgIpc) is 2.73. The molecule has 0 radical (unpaired) electrons. The lowest BCUT2D eigenvalue weighted by atomic mass is 10.2. The normalized spacial score (nSPS) is 11.1. The molecule has 0 fully saturated rings. The van der Waals surface area contributed by atoms with Crippen molar-refractivity contribution in [2.24, 2.45) is 5.92 Å². The molecule has 0 atom stereocenters. The zero-order valence-electron chi connectivity index (χ0n) is 12.0. The van der Waals surface area contributed by atoms with Crippen molar-refractivity contribution >= 4 is 23.0 Å². The zero-order valence-corrected chi connectivity index (χ0v) is 12.8. The minimum atomic E-state index is -0.0358. The topological polar surface area (TPSA) is 49.4 Å². The van der Waals surface area contributed by atoms with Gasteiger partial charge in [-0.05, 0) is 32.0 Å². The van der Waals surface area contributed by atoms with Crippen LogP contribution in [0.1, 0.15) is 28.4 Å². The molecular formula is C14H22N2O2S. The van der Waals surface area contributed by atoms with Gasteiger partial charge in [0.05, 0.1) is 18.0 Å². The molecule has 0 aliphatic heterocycles. The van der Waals surface area contributed by atoms with Crippen molar-refractivity contribution < 1.29 is 9.59 Å². The maximum absolute atomic E-state index is 12.0. The zero-order chi connectivity index (χ0) is 14.4. The predicted molar refractivity (Wildman–Crippen MR) is 78.7 cm³/mol. The molecule has 1 amide bonds. The number of nitrogens with zero attached hydrogens (tertiary/aromatic N) is 1. The summed E-state index contributed by atoms with van der Waals surface area (Å²) in [5.74, 6) is 0.466. The highest BCUT2D eigenvalue weighted by atomic mass is 32.1. The average molecular weight is 282 g/mol. The van der Waals surface area contributed by atoms with Crippen molar-refractivity contribution in [3.8, 4) is 0 Å². The summed E-state index contributed by atoms with van der Waals surface area (Å²) >= 11 is 1.49. The number of likely N-dealkylation sites (N-methyl/N-ethyl adjacent to an activating group) is 1. The summed E-state index contributed by atoms with van der Waals surface area (Å²) in [4.78, 5) is 27.2. The van der Waals surface area contributed by atoms with Gasteiger partial charge in [0, 0.05) is 11.4 Å². The third-order valence-electron chi connectivity index (χ3n) is 2.55. The lowest BCUT2D eigenvalue weighted by Crippen LogP contribution is -2.38. The number of ketones is 1. The van der Waals surface area contributed by atoms with Crippen LogP contribution in [0.5, 0.6) is 0 Å². The third kappa shape index (κ3) is 5.98. The molecule has 4 nitrogen and oxygen atoms in total. The van der Waals surface area contributed by atoms with Gasteiger partial charge >= 0.3 is 0 Å². The van der Waals surface area contributed by atoms with Crippen LogP contribution in [0.4, 0.5) is 0 Å². The Balaban J connectivity index is 2.36. The van der Waals surface area contributed by atoms with Gasteiger partial charge in [-0.15, -0.1) is 11.3 Å². The maximum Gasteiger partial charge on any atom is 0.234 e. The van der Waals surface area contributed by atoms with E-state index in [1.54, 1.807) is 11.9 Å². The number of hydrogen-bond acceptors (Lipinski definition) is 4. The van der Waals surface area contributed by atoms with E-state index in [4.69, 9.17) is 0 Å². The molecule has 5 heteroatoms. The number of carbonyl (C=O) groups is 2. The molecule has 1 aromatic heterocycles. The molecule has 1 aromatic rings. The second-order valence-electron chi connectivity index (χ2n) is 5.20. The van der Waals surface area contributed by atoms with Gasteiger partial charge < -0.3 is 5.32 Å². The number of rotatable bonds is 7. The van der Waals surface area contributed by atoms with E-state index in [2.05, 4.69) is 5.32 Å². The Morgan fingerprint density at radius 3 is 2.53 bits per heavy atom. The predicted octanol–water partition coefficient (Wildman–Crippen LogP) is 1.94. The SMILES string of the molecule is Cc1ccc(C(=O)CN(C)CC(=O)NCC(C)C)s1. The van der Waals surface area contributed by atoms with Gasteiger partial charge in [-0.2, -0.15) is 0 Å². The molecule has 0 saturated carbocycles. The van der Waals surface area contributed by atoms with E-state index >= 15 is 0 Å². The molecule has 0 spiro atoms. The van der Waals surface area contributed by atoms with Crippen molar-refractivity contribution in [2.45, 2.75) is 20.8 Å². The Morgan fingerprint density at radius 1 is 1.32 bits per heavy atom. The minimum Gasteiger partial charge on any atom is -0.355 e. The lowest BCUT2D eigenvalue weighted by Gasteiger charge is -2.15. The van der Waals surface area contributed by atoms with Crippen LogP contribution >= 0.6 is 11.3 Å². The van der Waals surface area contributed by atoms with Crippen LogP contribution < -0.4 is 5.32 Å². The van der Waals surface area contributed by atoms with Crippen molar-refractivity contribution in [1.29, 1.82) is 0 Å². The fourth-order valence-corrected chi connectivity index (χ4v) is 2.38. The smallest absolute Gasteiger partial charge is 0.234 e. The molecule has 0 unspecified atom stereocenters. The lowest BCUT2D eigenvalue weighted by molar-refractivity contribution is -0.121. The van der Waals surface area contributed by atoms with Gasteiger partial charge in [-0.25, -0.2) is 0 Å². The first-order valence-electron chi connectivity index (χ1n) is 6.43. The first-order valence-corrected chi connectivity index (χ1v) is 7.25. The second kappa shape index (κ2) is 7.40. The van der Waals surface area contributed by atoms with Gasteiger partial charge in [-0.1, -0.05) is 13.8 Å². The number of hydrogen-bond donors (Lipinski definition) is 1. The van der Waals surface area contributed by atoms with Crippen LogP contribution in [0, 0.1) is 12.8 Å². The van der Waals surface area contributed by atoms with Crippen molar-refractivity contribution in [2.75, 3.05) is 26.7 Å². The van der Waals surface area contributed by atoms with Gasteiger partial charge in [0.2, 0.25) is 5.91 Å². The summed E-state index contributed by atoms with van der Waals surface area (Å²) in [5.41, 5.74) is 0. The standard InChI is InChI=1S/C14H22N2O2S/c1-10(2)7-15-14(18)9-16(4)8-12(17)13-6-5-11(3)19-13/h5-6,10H,7-9H2,1-4H3,(H,15,18). The number of carbonyl (C=O) groups excluding carboxylic acids is 2. The van der Waals surface area contributed by atoms with Crippen LogP contribution in [0.15, 0.2) is 12.1 Å². The van der Waals surface area contributed by atoms with Crippen molar-refractivity contribution in [3.05, 3.63) is 21.9 Å². The van der Waals surface area contributed by atoms with E-state index in [0.29, 0.717) is 12.5 Å². The molecule has 1 heterocycles. The van der Waals surface area contributed by atoms with Gasteiger partial charge in [0.25, 0.3) is 0 Å². The van der Waals surface area contributed by atoms with E-state index < -0.39 is 0 Å². The number of nitrogens with one attached hydrogen (secondary N) is 1. The second-order valence-corrected chi connectivity index (χ2v) is 6.49. The first kappa shape index (κ1) is 15.9. The number of Topliss-reactive ketones (excluding diaryl/α,β-unsaturated/α-hetero) is 1. The quantitative estimate of drug-likeness (QED) is 0.778. The molecule has 19 heavy (non-hydrogen) atoms. The van der Waals surface area contributed by atoms with Gasteiger partial charge in [-0.3, -0.25) is 14.5 Å². The molecule has 0 saturated heterocycles. The minimum absolute atomic E-state index is 0.0358. The monoisotopic (exact) mass is 282 g/mol. The third-order valence-corrected chi connectivity index (χ3v) is 3.59. The molecular weight excluding hydrogens is 260 g/mol. The largest absolute Gasteiger partial charge is 0.355 e. The molecule has 106 valence electrons. The Labute approximate surface area is 118 Å². The molecule has 0 aliphatic carbocycles. The molecule has 0 aromatic carbocycles. The summed E-state index contributed by atoms with van der Waals surface area (Å²) in [6, 6.07) is 3.78. The van der Waals surface area contributed by atoms with E-state index in [1.165, 1.54) is 11.3 Å². The van der Waals surface area contributed by atoms with E-state index in [1.807, 2.05) is 32.9 Å². The summed E-state index contributed by atoms with van der Waals surface area (Å²) in [6.45, 7) is 7.27. The highest BCUT2D eigenvalue weighted by Gasteiger charge is 2.13. The van der Waals surface area contributed by atoms with E-state index in [-0.39, 0.29) is 24.8 Å². The number of amides is 1. The van der Waals surface area contributed by atoms with E-state index in [9.17, 15) is 9.59 Å². The summed E-state index contributed by atoms with van der Waals surface area (Å²) in [5, 5.41) is 2.84. The van der Waals surface area contributed by atoms with Crippen LogP contribution in [0.3, 0.4) is 0 Å². The highest BCUT2D eigenvalue weighted by Crippen LogP contribution is 2.15. The Kier molecular flexibility index (Phi) is 6.18. The molecule has 1 N–H and O–H groups in total. The highest BCUT2D eigenvalue weighted by molar-refractivity contribution is 7.14. The number of thiophene rings is 1. The van der Waals surface area contributed by atoms with Crippen molar-refractivity contribution in [1.82, 2.24) is 10.2 Å². The molecule has 0 aliphatic rings. The fourth-order valence-electron chi connectivity index (χ4n) is 1.58. The van der Waals surface area contributed by atoms with Gasteiger partial charge in [0.1, 0.15) is 0 Å². The Hall–Kier alpha value is -1.20. The first-order chi connectivity index (χ1) is 8.88. The number of aryl methyl sites for hydroxylation is 1. The summed E-state index contributed by atoms with van der Waals surface area (Å²) in [7, 11) is 1.79. The Bertz CT molecular complexity index is 440. The summed E-state index contributed by atoms with van der Waals surface area (Å²) in [6.07, 6.45) is 0. The van der Waals surface area contributed by atoms with Crippen LogP contribution in [-0.2, 0) is 4.79 Å². The van der Waals surface area contributed by atoms with Crippen molar-refractivity contribution in [3.63, 3.8) is 0 Å².